The standard InChI is InChI=1S/C15H15N5O3/c1-8-13(20-23-19-8)7-16-15(21)12-6-4-5-11(17-12)14-9(2)18-22-10(14)3/h4-6H,7H2,1-3H3,(H,16,21). The second-order valence-electron chi connectivity index (χ2n) is 5.09. The van der Waals surface area contributed by atoms with E-state index < -0.39 is 0 Å². The average Bonchev–Trinajstić information content (AvgIpc) is 3.10. The number of amides is 1. The number of hydrogen-bond acceptors (Lipinski definition) is 7. The van der Waals surface area contributed by atoms with Crippen LogP contribution in [-0.2, 0) is 6.54 Å². The summed E-state index contributed by atoms with van der Waals surface area (Å²) in [6.45, 7) is 5.63. The first-order chi connectivity index (χ1) is 11.1. The molecule has 0 aliphatic carbocycles. The molecule has 0 aromatic carbocycles. The maximum atomic E-state index is 12.3. The fourth-order valence-corrected chi connectivity index (χ4v) is 2.21. The molecule has 3 aromatic heterocycles. The van der Waals surface area contributed by atoms with E-state index in [9.17, 15) is 4.79 Å². The number of carbonyl (C=O) groups is 1. The average molecular weight is 313 g/mol. The Bertz CT molecular complexity index is 833. The zero-order valence-corrected chi connectivity index (χ0v) is 13.0. The Morgan fingerprint density at radius 1 is 1.13 bits per heavy atom. The molecule has 0 atom stereocenters. The number of nitrogens with zero attached hydrogens (tertiary/aromatic N) is 4. The molecule has 3 heterocycles. The van der Waals surface area contributed by atoms with Crippen molar-refractivity contribution in [2.45, 2.75) is 27.3 Å². The minimum Gasteiger partial charge on any atom is -0.361 e. The maximum absolute atomic E-state index is 12.3. The summed E-state index contributed by atoms with van der Waals surface area (Å²) in [5.74, 6) is 0.359. The Balaban J connectivity index is 1.80. The summed E-state index contributed by atoms with van der Waals surface area (Å²) in [6, 6.07) is 5.23. The van der Waals surface area contributed by atoms with E-state index in [4.69, 9.17) is 4.52 Å². The Morgan fingerprint density at radius 3 is 2.61 bits per heavy atom. The van der Waals surface area contributed by atoms with Gasteiger partial charge in [-0.25, -0.2) is 9.61 Å². The molecule has 0 spiro atoms. The maximum Gasteiger partial charge on any atom is 0.270 e. The predicted octanol–water partition coefficient (Wildman–Crippen LogP) is 1.97. The second kappa shape index (κ2) is 5.99. The number of carbonyl (C=O) groups excluding carboxylic acids is 1. The van der Waals surface area contributed by atoms with Crippen LogP contribution in [-0.4, -0.2) is 26.4 Å². The van der Waals surface area contributed by atoms with Crippen molar-refractivity contribution in [1.82, 2.24) is 25.8 Å². The highest BCUT2D eigenvalue weighted by Gasteiger charge is 2.15. The molecular weight excluding hydrogens is 298 g/mol. The number of aryl methyl sites for hydroxylation is 3. The van der Waals surface area contributed by atoms with Gasteiger partial charge in [0.15, 0.2) is 0 Å². The third-order valence-electron chi connectivity index (χ3n) is 3.43. The number of pyridine rings is 1. The van der Waals surface area contributed by atoms with Gasteiger partial charge in [-0.3, -0.25) is 4.79 Å². The van der Waals surface area contributed by atoms with Crippen molar-refractivity contribution in [3.63, 3.8) is 0 Å². The topological polar surface area (TPSA) is 107 Å². The Kier molecular flexibility index (Phi) is 3.88. The van der Waals surface area contributed by atoms with Gasteiger partial charge in [0.1, 0.15) is 22.8 Å². The summed E-state index contributed by atoms with van der Waals surface area (Å²) in [5.41, 5.74) is 3.71. The minimum atomic E-state index is -0.305. The van der Waals surface area contributed by atoms with Crippen LogP contribution in [0.3, 0.4) is 0 Å². The van der Waals surface area contributed by atoms with Crippen LogP contribution in [0.1, 0.15) is 33.3 Å². The SMILES string of the molecule is Cc1nonc1CNC(=O)c1cccc(-c2c(C)noc2C)n1. The third kappa shape index (κ3) is 2.96. The van der Waals surface area contributed by atoms with Crippen LogP contribution in [0.4, 0.5) is 0 Å². The molecule has 23 heavy (non-hydrogen) atoms. The van der Waals surface area contributed by atoms with E-state index in [0.29, 0.717) is 28.5 Å². The summed E-state index contributed by atoms with van der Waals surface area (Å²) in [4.78, 5) is 16.6. The molecule has 0 bridgehead atoms. The monoisotopic (exact) mass is 313 g/mol. The second-order valence-corrected chi connectivity index (χ2v) is 5.09. The molecule has 0 fully saturated rings. The van der Waals surface area contributed by atoms with E-state index in [-0.39, 0.29) is 12.5 Å². The lowest BCUT2D eigenvalue weighted by atomic mass is 10.1. The van der Waals surface area contributed by atoms with E-state index in [1.807, 2.05) is 19.9 Å². The number of hydrogen-bond donors (Lipinski definition) is 1. The van der Waals surface area contributed by atoms with Crippen molar-refractivity contribution in [2.75, 3.05) is 0 Å². The van der Waals surface area contributed by atoms with Crippen LogP contribution < -0.4 is 5.32 Å². The fourth-order valence-electron chi connectivity index (χ4n) is 2.21. The van der Waals surface area contributed by atoms with Gasteiger partial charge in [0.25, 0.3) is 5.91 Å². The molecule has 8 heteroatoms. The Labute approximate surface area is 131 Å². The zero-order chi connectivity index (χ0) is 16.4. The normalized spacial score (nSPS) is 10.7. The summed E-state index contributed by atoms with van der Waals surface area (Å²) < 4.78 is 9.74. The number of rotatable bonds is 4. The van der Waals surface area contributed by atoms with E-state index in [1.165, 1.54) is 0 Å². The summed E-state index contributed by atoms with van der Waals surface area (Å²) in [7, 11) is 0. The van der Waals surface area contributed by atoms with Gasteiger partial charge >= 0.3 is 0 Å². The van der Waals surface area contributed by atoms with E-state index in [1.54, 1.807) is 19.1 Å². The Morgan fingerprint density at radius 2 is 1.96 bits per heavy atom. The quantitative estimate of drug-likeness (QED) is 0.784. The molecule has 0 radical (unpaired) electrons. The van der Waals surface area contributed by atoms with Crippen LogP contribution >= 0.6 is 0 Å². The van der Waals surface area contributed by atoms with Gasteiger partial charge in [0, 0.05) is 0 Å². The highest BCUT2D eigenvalue weighted by Crippen LogP contribution is 2.25. The van der Waals surface area contributed by atoms with Gasteiger partial charge in [-0.2, -0.15) is 0 Å². The number of nitrogens with one attached hydrogen (secondary N) is 1. The molecule has 3 aromatic rings. The Hall–Kier alpha value is -3.03. The molecule has 0 saturated carbocycles. The van der Waals surface area contributed by atoms with Crippen molar-refractivity contribution in [3.8, 4) is 11.3 Å². The molecule has 3 rings (SSSR count). The first-order valence-corrected chi connectivity index (χ1v) is 7.03. The lowest BCUT2D eigenvalue weighted by Gasteiger charge is -2.05. The molecular formula is C15H15N5O3. The van der Waals surface area contributed by atoms with Crippen molar-refractivity contribution in [1.29, 1.82) is 0 Å². The first kappa shape index (κ1) is 14.9. The van der Waals surface area contributed by atoms with Crippen LogP contribution in [0.15, 0.2) is 27.4 Å². The summed E-state index contributed by atoms with van der Waals surface area (Å²) >= 11 is 0. The third-order valence-corrected chi connectivity index (χ3v) is 3.43. The van der Waals surface area contributed by atoms with Gasteiger partial charge in [0.05, 0.1) is 23.5 Å². The van der Waals surface area contributed by atoms with Gasteiger partial charge in [-0.15, -0.1) is 0 Å². The fraction of sp³-hybridized carbons (Fsp3) is 0.267. The van der Waals surface area contributed by atoms with Crippen molar-refractivity contribution in [3.05, 3.63) is 46.7 Å². The van der Waals surface area contributed by atoms with Crippen LogP contribution in [0, 0.1) is 20.8 Å². The molecule has 118 valence electrons. The molecule has 0 saturated heterocycles. The minimum absolute atomic E-state index is 0.228. The molecule has 1 N–H and O–H groups in total. The summed E-state index contributed by atoms with van der Waals surface area (Å²) in [5, 5.41) is 14.0. The van der Waals surface area contributed by atoms with Crippen molar-refractivity contribution in [2.24, 2.45) is 0 Å². The van der Waals surface area contributed by atoms with Gasteiger partial charge in [-0.1, -0.05) is 21.5 Å². The molecule has 0 unspecified atom stereocenters. The largest absolute Gasteiger partial charge is 0.361 e. The highest BCUT2D eigenvalue weighted by atomic mass is 16.6. The van der Waals surface area contributed by atoms with Crippen molar-refractivity contribution >= 4 is 5.91 Å². The van der Waals surface area contributed by atoms with Gasteiger partial charge in [0.2, 0.25) is 0 Å². The molecule has 1 amide bonds. The lowest BCUT2D eigenvalue weighted by Crippen LogP contribution is -2.24. The predicted molar refractivity (Wildman–Crippen MR) is 79.4 cm³/mol. The van der Waals surface area contributed by atoms with Crippen LogP contribution in [0.5, 0.6) is 0 Å². The summed E-state index contributed by atoms with van der Waals surface area (Å²) in [6.07, 6.45) is 0. The van der Waals surface area contributed by atoms with Crippen LogP contribution in [0.2, 0.25) is 0 Å². The van der Waals surface area contributed by atoms with Gasteiger partial charge < -0.3 is 9.84 Å². The first-order valence-electron chi connectivity index (χ1n) is 7.03. The molecule has 8 nitrogen and oxygen atoms in total. The van der Waals surface area contributed by atoms with Crippen LogP contribution in [0.25, 0.3) is 11.3 Å². The van der Waals surface area contributed by atoms with E-state index in [0.717, 1.165) is 11.3 Å². The molecule has 0 aliphatic heterocycles. The highest BCUT2D eigenvalue weighted by molar-refractivity contribution is 5.92. The lowest BCUT2D eigenvalue weighted by molar-refractivity contribution is 0.0945. The van der Waals surface area contributed by atoms with Crippen molar-refractivity contribution < 1.29 is 13.9 Å². The molecule has 0 aliphatic rings. The van der Waals surface area contributed by atoms with E-state index >= 15 is 0 Å². The smallest absolute Gasteiger partial charge is 0.270 e. The van der Waals surface area contributed by atoms with E-state index in [2.05, 4.69) is 30.4 Å². The number of aromatic nitrogens is 4. The zero-order valence-electron chi connectivity index (χ0n) is 13.0. The van der Waals surface area contributed by atoms with Gasteiger partial charge in [-0.05, 0) is 32.9 Å².